The molecule has 2 N–H and O–H groups in total. The quantitative estimate of drug-likeness (QED) is 0.888. The van der Waals surface area contributed by atoms with Crippen molar-refractivity contribution in [1.29, 1.82) is 0 Å². The maximum Gasteiger partial charge on any atom is 0.335 e. The molecular formula is C15H14ClNO2. The molecule has 0 aliphatic carbocycles. The van der Waals surface area contributed by atoms with Crippen molar-refractivity contribution in [3.8, 4) is 0 Å². The lowest BCUT2D eigenvalue weighted by atomic mass is 10.1. The summed E-state index contributed by atoms with van der Waals surface area (Å²) < 4.78 is 0. The average molecular weight is 276 g/mol. The molecule has 0 aromatic heterocycles. The van der Waals surface area contributed by atoms with Crippen LogP contribution in [-0.4, -0.2) is 11.1 Å². The van der Waals surface area contributed by atoms with Crippen LogP contribution in [0.3, 0.4) is 0 Å². The van der Waals surface area contributed by atoms with Gasteiger partial charge in [0.05, 0.1) is 16.3 Å². The Kier molecular flexibility index (Phi) is 4.07. The molecule has 0 saturated heterocycles. The molecule has 19 heavy (non-hydrogen) atoms. The molecule has 0 spiro atoms. The number of carboxylic acid groups (broad SMARTS) is 1. The van der Waals surface area contributed by atoms with Gasteiger partial charge < -0.3 is 10.4 Å². The van der Waals surface area contributed by atoms with E-state index in [2.05, 4.69) is 5.32 Å². The summed E-state index contributed by atoms with van der Waals surface area (Å²) in [5, 5.41) is 12.5. The average Bonchev–Trinajstić information content (AvgIpc) is 2.39. The number of benzene rings is 2. The Bertz CT molecular complexity index is 611. The highest BCUT2D eigenvalue weighted by Gasteiger charge is 2.07. The van der Waals surface area contributed by atoms with Crippen molar-refractivity contribution >= 4 is 23.3 Å². The second-order valence-electron chi connectivity index (χ2n) is 4.28. The van der Waals surface area contributed by atoms with Crippen LogP contribution in [0.2, 0.25) is 5.02 Å². The van der Waals surface area contributed by atoms with E-state index in [9.17, 15) is 4.79 Å². The lowest BCUT2D eigenvalue weighted by Gasteiger charge is -2.10. The van der Waals surface area contributed by atoms with E-state index in [0.29, 0.717) is 11.6 Å². The number of rotatable bonds is 4. The van der Waals surface area contributed by atoms with Gasteiger partial charge in [0, 0.05) is 6.54 Å². The van der Waals surface area contributed by atoms with Gasteiger partial charge in [0.1, 0.15) is 0 Å². The van der Waals surface area contributed by atoms with Crippen LogP contribution in [0.4, 0.5) is 5.69 Å². The largest absolute Gasteiger partial charge is 0.478 e. The molecule has 98 valence electrons. The number of anilines is 1. The van der Waals surface area contributed by atoms with Crippen LogP contribution in [0.15, 0.2) is 42.5 Å². The van der Waals surface area contributed by atoms with Gasteiger partial charge in [-0.1, -0.05) is 35.9 Å². The van der Waals surface area contributed by atoms with Gasteiger partial charge in [0.15, 0.2) is 0 Å². The normalized spacial score (nSPS) is 10.2. The number of hydrogen-bond donors (Lipinski definition) is 2. The molecule has 0 atom stereocenters. The molecule has 0 heterocycles. The van der Waals surface area contributed by atoms with Crippen molar-refractivity contribution in [2.24, 2.45) is 0 Å². The molecule has 4 heteroatoms. The molecule has 0 saturated carbocycles. The van der Waals surface area contributed by atoms with Crippen molar-refractivity contribution in [3.05, 3.63) is 64.2 Å². The monoisotopic (exact) mass is 275 g/mol. The van der Waals surface area contributed by atoms with E-state index in [1.807, 2.05) is 31.2 Å². The van der Waals surface area contributed by atoms with Crippen molar-refractivity contribution in [3.63, 3.8) is 0 Å². The Morgan fingerprint density at radius 3 is 2.63 bits per heavy atom. The van der Waals surface area contributed by atoms with Crippen LogP contribution in [0, 0.1) is 6.92 Å². The number of nitrogens with one attached hydrogen (secondary N) is 1. The fourth-order valence-corrected chi connectivity index (χ4v) is 2.04. The zero-order chi connectivity index (χ0) is 13.8. The van der Waals surface area contributed by atoms with Crippen LogP contribution >= 0.6 is 11.6 Å². The van der Waals surface area contributed by atoms with E-state index in [-0.39, 0.29) is 5.56 Å². The SMILES string of the molecule is Cc1ccccc1CNc1ccc(C(=O)O)cc1Cl. The third-order valence-electron chi connectivity index (χ3n) is 2.95. The van der Waals surface area contributed by atoms with E-state index in [4.69, 9.17) is 16.7 Å². The van der Waals surface area contributed by atoms with Crippen LogP contribution < -0.4 is 5.32 Å². The summed E-state index contributed by atoms with van der Waals surface area (Å²) in [5.41, 5.74) is 3.30. The van der Waals surface area contributed by atoms with Crippen LogP contribution in [-0.2, 0) is 6.54 Å². The Morgan fingerprint density at radius 2 is 2.00 bits per heavy atom. The Balaban J connectivity index is 2.12. The first-order chi connectivity index (χ1) is 9.08. The molecule has 2 aromatic carbocycles. The van der Waals surface area contributed by atoms with Crippen molar-refractivity contribution in [2.75, 3.05) is 5.32 Å². The fourth-order valence-electron chi connectivity index (χ4n) is 1.79. The number of aromatic carboxylic acids is 1. The van der Waals surface area contributed by atoms with Crippen LogP contribution in [0.1, 0.15) is 21.5 Å². The summed E-state index contributed by atoms with van der Waals surface area (Å²) in [4.78, 5) is 10.8. The molecule has 0 radical (unpaired) electrons. The lowest BCUT2D eigenvalue weighted by molar-refractivity contribution is 0.0697. The third kappa shape index (κ3) is 3.26. The number of carboxylic acids is 1. The molecule has 0 aliphatic rings. The van der Waals surface area contributed by atoms with Gasteiger partial charge in [0.2, 0.25) is 0 Å². The van der Waals surface area contributed by atoms with Crippen molar-refractivity contribution in [1.82, 2.24) is 0 Å². The molecule has 0 amide bonds. The summed E-state index contributed by atoms with van der Waals surface area (Å²) in [6.45, 7) is 2.70. The van der Waals surface area contributed by atoms with Crippen molar-refractivity contribution < 1.29 is 9.90 Å². The molecule has 0 bridgehead atoms. The van der Waals surface area contributed by atoms with Crippen molar-refractivity contribution in [2.45, 2.75) is 13.5 Å². The summed E-state index contributed by atoms with van der Waals surface area (Å²) in [6, 6.07) is 12.7. The second-order valence-corrected chi connectivity index (χ2v) is 4.69. The van der Waals surface area contributed by atoms with E-state index >= 15 is 0 Å². The van der Waals surface area contributed by atoms with Gasteiger partial charge in [0.25, 0.3) is 0 Å². The summed E-state index contributed by atoms with van der Waals surface area (Å²) in [7, 11) is 0. The highest BCUT2D eigenvalue weighted by molar-refractivity contribution is 6.33. The zero-order valence-corrected chi connectivity index (χ0v) is 11.2. The predicted octanol–water partition coefficient (Wildman–Crippen LogP) is 3.96. The summed E-state index contributed by atoms with van der Waals surface area (Å²) >= 11 is 6.05. The first-order valence-electron chi connectivity index (χ1n) is 5.89. The molecule has 3 nitrogen and oxygen atoms in total. The number of carbonyl (C=O) groups is 1. The summed E-state index contributed by atoms with van der Waals surface area (Å²) in [6.07, 6.45) is 0. The predicted molar refractivity (Wildman–Crippen MR) is 76.9 cm³/mol. The van der Waals surface area contributed by atoms with Gasteiger partial charge in [-0.25, -0.2) is 4.79 Å². The molecule has 0 aliphatic heterocycles. The highest BCUT2D eigenvalue weighted by atomic mass is 35.5. The van der Waals surface area contributed by atoms with Gasteiger partial charge in [-0.2, -0.15) is 0 Å². The minimum atomic E-state index is -0.979. The Hall–Kier alpha value is -2.00. The Labute approximate surface area is 116 Å². The lowest BCUT2D eigenvalue weighted by Crippen LogP contribution is -2.03. The Morgan fingerprint density at radius 1 is 1.26 bits per heavy atom. The molecule has 0 fully saturated rings. The van der Waals surface area contributed by atoms with E-state index < -0.39 is 5.97 Å². The van der Waals surface area contributed by atoms with Gasteiger partial charge in [-0.05, 0) is 36.2 Å². The first kappa shape index (κ1) is 13.4. The molecule has 0 unspecified atom stereocenters. The summed E-state index contributed by atoms with van der Waals surface area (Å²) in [5.74, 6) is -0.979. The van der Waals surface area contributed by atoms with Crippen LogP contribution in [0.5, 0.6) is 0 Å². The van der Waals surface area contributed by atoms with Gasteiger partial charge >= 0.3 is 5.97 Å². The molecule has 2 rings (SSSR count). The third-order valence-corrected chi connectivity index (χ3v) is 3.26. The first-order valence-corrected chi connectivity index (χ1v) is 6.27. The van der Waals surface area contributed by atoms with Gasteiger partial charge in [-0.15, -0.1) is 0 Å². The van der Waals surface area contributed by atoms with Crippen LogP contribution in [0.25, 0.3) is 0 Å². The topological polar surface area (TPSA) is 49.3 Å². The van der Waals surface area contributed by atoms with E-state index in [0.717, 1.165) is 5.69 Å². The highest BCUT2D eigenvalue weighted by Crippen LogP contribution is 2.24. The smallest absolute Gasteiger partial charge is 0.335 e. The minimum Gasteiger partial charge on any atom is -0.478 e. The number of hydrogen-bond acceptors (Lipinski definition) is 2. The maximum absolute atomic E-state index is 10.8. The zero-order valence-electron chi connectivity index (χ0n) is 10.5. The fraction of sp³-hybridized carbons (Fsp3) is 0.133. The van der Waals surface area contributed by atoms with E-state index in [1.165, 1.54) is 23.3 Å². The standard InChI is InChI=1S/C15H14ClNO2/c1-10-4-2-3-5-12(10)9-17-14-7-6-11(15(18)19)8-13(14)16/h2-8,17H,9H2,1H3,(H,18,19). The minimum absolute atomic E-state index is 0.187. The number of aryl methyl sites for hydroxylation is 1. The number of halogens is 1. The van der Waals surface area contributed by atoms with Gasteiger partial charge in [-0.3, -0.25) is 0 Å². The second kappa shape index (κ2) is 5.76. The maximum atomic E-state index is 10.8. The molecule has 2 aromatic rings. The molecular weight excluding hydrogens is 262 g/mol. The van der Waals surface area contributed by atoms with E-state index in [1.54, 1.807) is 6.07 Å².